The Bertz CT molecular complexity index is 1210. The fourth-order valence-corrected chi connectivity index (χ4v) is 5.73. The van der Waals surface area contributed by atoms with E-state index in [-0.39, 0.29) is 0 Å². The average molecular weight is 492 g/mol. The van der Waals surface area contributed by atoms with Gasteiger partial charge in [0.15, 0.2) is 0 Å². The van der Waals surface area contributed by atoms with Crippen LogP contribution in [0.15, 0.2) is 72.3 Å². The summed E-state index contributed by atoms with van der Waals surface area (Å²) in [5.74, 6) is 0.366. The summed E-state index contributed by atoms with van der Waals surface area (Å²) in [6, 6.07) is 19.0. The van der Waals surface area contributed by atoms with E-state index < -0.39 is 23.3 Å². The Kier molecular flexibility index (Phi) is 6.46. The van der Waals surface area contributed by atoms with Crippen LogP contribution in [-0.2, 0) is 8.32 Å². The molecule has 6 nitrogen and oxygen atoms in total. The van der Waals surface area contributed by atoms with Crippen molar-refractivity contribution >= 4 is 56.7 Å². The van der Waals surface area contributed by atoms with Crippen molar-refractivity contribution in [1.82, 2.24) is 9.97 Å². The maximum atomic E-state index is 12.1. The van der Waals surface area contributed by atoms with Gasteiger partial charge in [0.05, 0.1) is 0 Å². The molecule has 154 valence electrons. The zero-order chi connectivity index (χ0) is 21.8. The Hall–Kier alpha value is -3.00. The zero-order valence-electron chi connectivity index (χ0n) is 16.9. The number of fused-ring (bicyclic) bond motifs is 2. The Morgan fingerprint density at radius 1 is 0.839 bits per heavy atom. The molecule has 8 heteroatoms. The topological polar surface area (TPSA) is 70.5 Å². The molecule has 0 bridgehead atoms. The third-order valence-electron chi connectivity index (χ3n) is 4.50. The molecular formula is C23H18ClGaN2O4. The standard InChI is InChI=1S/2C10H9NO.C3H3ClO2.Ga/c2*1-7-5-6-8-3-2-4-9(12)10(8)11-7;4-2-1-3(5)6;/h2*2-6,12H,1H3;1-2H,(H,5,6);/q;;;+3/p-3/b;;2-1-;. The number of carbonyl (C=O) groups excluding carboxylic acids is 1. The SMILES string of the molecule is Cc1ccc2cccc([O][Ga]([O]C(=O)/C=C\Cl)[O]c3cccc4ccc(C)nc34)c2n1. The normalized spacial score (nSPS) is 11.1. The van der Waals surface area contributed by atoms with E-state index in [0.29, 0.717) is 22.5 Å². The molecule has 2 aromatic carbocycles. The molecule has 4 rings (SSSR count). The van der Waals surface area contributed by atoms with E-state index in [2.05, 4.69) is 9.97 Å². The second-order valence-corrected chi connectivity index (χ2v) is 9.76. The first-order valence-corrected chi connectivity index (χ1v) is 13.0. The van der Waals surface area contributed by atoms with Crippen LogP contribution in [0, 0.1) is 13.8 Å². The van der Waals surface area contributed by atoms with E-state index in [1.54, 1.807) is 12.1 Å². The van der Waals surface area contributed by atoms with Gasteiger partial charge in [0.25, 0.3) is 0 Å². The van der Waals surface area contributed by atoms with Crippen LogP contribution >= 0.6 is 11.6 Å². The number of carbonyl (C=O) groups is 1. The monoisotopic (exact) mass is 490 g/mol. The summed E-state index contributed by atoms with van der Waals surface area (Å²) < 4.78 is 17.8. The number of nitrogens with zero attached hydrogens (tertiary/aromatic N) is 2. The molecule has 2 heterocycles. The van der Waals surface area contributed by atoms with Crippen LogP contribution < -0.4 is 7.06 Å². The summed E-state index contributed by atoms with van der Waals surface area (Å²) in [6.07, 6.45) is 1.11. The number of aryl methyl sites for hydroxylation is 2. The zero-order valence-corrected chi connectivity index (χ0v) is 20.1. The third kappa shape index (κ3) is 5.01. The Morgan fingerprint density at radius 3 is 1.84 bits per heavy atom. The summed E-state index contributed by atoms with van der Waals surface area (Å²) in [6.45, 7) is 3.81. The van der Waals surface area contributed by atoms with E-state index in [9.17, 15) is 4.79 Å². The molecule has 0 aliphatic carbocycles. The van der Waals surface area contributed by atoms with Gasteiger partial charge in [-0.25, -0.2) is 0 Å². The van der Waals surface area contributed by atoms with Crippen molar-refractivity contribution in [2.75, 3.05) is 0 Å². The number of halogens is 1. The molecule has 4 aromatic rings. The van der Waals surface area contributed by atoms with Crippen molar-refractivity contribution in [1.29, 1.82) is 0 Å². The van der Waals surface area contributed by atoms with E-state index in [1.807, 2.05) is 62.4 Å². The van der Waals surface area contributed by atoms with Crippen LogP contribution in [0.2, 0.25) is 0 Å². The Balaban J connectivity index is 1.71. The second-order valence-electron chi connectivity index (χ2n) is 6.81. The molecule has 0 saturated carbocycles. The number of para-hydroxylation sites is 2. The first-order valence-electron chi connectivity index (χ1n) is 9.57. The average Bonchev–Trinajstić information content (AvgIpc) is 2.74. The number of rotatable bonds is 6. The molecule has 0 aliphatic rings. The van der Waals surface area contributed by atoms with Gasteiger partial charge in [0, 0.05) is 0 Å². The minimum atomic E-state index is -3.65. The molecule has 0 atom stereocenters. The van der Waals surface area contributed by atoms with Crippen LogP contribution in [0.4, 0.5) is 0 Å². The van der Waals surface area contributed by atoms with Crippen molar-refractivity contribution in [2.24, 2.45) is 0 Å². The number of hydrogen-bond donors (Lipinski definition) is 0. The summed E-state index contributed by atoms with van der Waals surface area (Å²) >= 11 is 1.88. The quantitative estimate of drug-likeness (QED) is 0.275. The molecule has 0 N–H and O–H groups in total. The minimum absolute atomic E-state index is 0.498. The molecule has 0 saturated heterocycles. The summed E-state index contributed by atoms with van der Waals surface area (Å²) in [7, 11) is 0. The molecule has 31 heavy (non-hydrogen) atoms. The second kappa shape index (κ2) is 9.43. The number of benzene rings is 2. The van der Waals surface area contributed by atoms with E-state index in [1.165, 1.54) is 0 Å². The molecule has 0 fully saturated rings. The van der Waals surface area contributed by atoms with Crippen LogP contribution in [0.25, 0.3) is 21.8 Å². The molecule has 0 unspecified atom stereocenters. The van der Waals surface area contributed by atoms with Gasteiger partial charge in [-0.05, 0) is 0 Å². The van der Waals surface area contributed by atoms with Crippen molar-refractivity contribution in [3.05, 3.63) is 83.7 Å². The summed E-state index contributed by atoms with van der Waals surface area (Å²) in [5.41, 5.74) is 4.15. The van der Waals surface area contributed by atoms with E-state index >= 15 is 0 Å². The molecule has 0 radical (unpaired) electrons. The molecule has 0 spiro atoms. The summed E-state index contributed by atoms with van der Waals surface area (Å²) in [4.78, 5) is 21.3. The van der Waals surface area contributed by atoms with Gasteiger partial charge >= 0.3 is 191 Å². The van der Waals surface area contributed by atoms with Crippen LogP contribution in [0.5, 0.6) is 11.5 Å². The van der Waals surface area contributed by atoms with Crippen LogP contribution in [-0.4, -0.2) is 33.2 Å². The maximum absolute atomic E-state index is 12.1. The Labute approximate surface area is 190 Å². The predicted octanol–water partition coefficient (Wildman–Crippen LogP) is 5.14. The number of pyridine rings is 2. The first-order chi connectivity index (χ1) is 15.0. The van der Waals surface area contributed by atoms with E-state index in [0.717, 1.165) is 33.8 Å². The third-order valence-corrected chi connectivity index (χ3v) is 7.39. The molecule has 0 aliphatic heterocycles. The fourth-order valence-electron chi connectivity index (χ4n) is 3.09. The Morgan fingerprint density at radius 2 is 1.35 bits per heavy atom. The van der Waals surface area contributed by atoms with Crippen LogP contribution in [0.3, 0.4) is 0 Å². The number of hydrogen-bond acceptors (Lipinski definition) is 6. The molecule has 0 amide bonds. The molecular weight excluding hydrogens is 473 g/mol. The van der Waals surface area contributed by atoms with Gasteiger partial charge in [-0.15, -0.1) is 0 Å². The van der Waals surface area contributed by atoms with Gasteiger partial charge in [0.2, 0.25) is 0 Å². The van der Waals surface area contributed by atoms with Crippen molar-refractivity contribution in [3.63, 3.8) is 0 Å². The van der Waals surface area contributed by atoms with Gasteiger partial charge in [-0.2, -0.15) is 0 Å². The van der Waals surface area contributed by atoms with Crippen molar-refractivity contribution in [3.8, 4) is 11.5 Å². The van der Waals surface area contributed by atoms with Gasteiger partial charge in [-0.3, -0.25) is 0 Å². The molecule has 2 aromatic heterocycles. The first kappa shape index (κ1) is 21.2. The van der Waals surface area contributed by atoms with Gasteiger partial charge in [-0.1, -0.05) is 0 Å². The fraction of sp³-hybridized carbons (Fsp3) is 0.0870. The van der Waals surface area contributed by atoms with Gasteiger partial charge in [0.1, 0.15) is 0 Å². The predicted molar refractivity (Wildman–Crippen MR) is 121 cm³/mol. The number of aromatic nitrogens is 2. The van der Waals surface area contributed by atoms with Crippen molar-refractivity contribution in [2.45, 2.75) is 13.8 Å². The summed E-state index contributed by atoms with van der Waals surface area (Å²) in [5, 5.41) is 1.83. The van der Waals surface area contributed by atoms with Crippen molar-refractivity contribution < 1.29 is 15.4 Å². The van der Waals surface area contributed by atoms with Crippen LogP contribution in [0.1, 0.15) is 11.4 Å². The van der Waals surface area contributed by atoms with Gasteiger partial charge < -0.3 is 0 Å². The van der Waals surface area contributed by atoms with E-state index in [4.69, 9.17) is 22.2 Å².